The van der Waals surface area contributed by atoms with Crippen LogP contribution in [0.2, 0.25) is 0 Å². The molecule has 3 aromatic rings. The van der Waals surface area contributed by atoms with Crippen LogP contribution in [0.3, 0.4) is 0 Å². The van der Waals surface area contributed by atoms with E-state index in [4.69, 9.17) is 16.6 Å². The van der Waals surface area contributed by atoms with Crippen molar-refractivity contribution < 1.29 is 24.6 Å². The summed E-state index contributed by atoms with van der Waals surface area (Å²) in [5.74, 6) is -3.89. The molecule has 170 valence electrons. The maximum absolute atomic E-state index is 12.5. The van der Waals surface area contributed by atoms with Gasteiger partial charge in [0, 0.05) is 17.6 Å². The van der Waals surface area contributed by atoms with Gasteiger partial charge in [0.1, 0.15) is 0 Å². The lowest BCUT2D eigenvalue weighted by atomic mass is 9.92. The summed E-state index contributed by atoms with van der Waals surface area (Å²) in [5.41, 5.74) is 13.8. The fraction of sp³-hybridized carbons (Fsp3) is 0.227. The number of carbonyl (C=O) groups is 3. The minimum atomic E-state index is -1.28. The Kier molecular flexibility index (Phi) is 6.91. The number of nitrogens with two attached hydrogens (primary N) is 2. The predicted molar refractivity (Wildman–Crippen MR) is 119 cm³/mol. The minimum Gasteiger partial charge on any atom is -0.481 e. The van der Waals surface area contributed by atoms with E-state index >= 15 is 0 Å². The zero-order valence-corrected chi connectivity index (χ0v) is 17.6. The molecule has 1 unspecified atom stereocenters. The molecule has 0 aliphatic heterocycles. The number of rotatable bonds is 10. The van der Waals surface area contributed by atoms with E-state index in [-0.39, 0.29) is 36.0 Å². The molecule has 0 spiro atoms. The van der Waals surface area contributed by atoms with Gasteiger partial charge < -0.3 is 21.7 Å². The Balaban J connectivity index is 1.63. The van der Waals surface area contributed by atoms with Crippen molar-refractivity contribution >= 4 is 40.7 Å². The van der Waals surface area contributed by atoms with Gasteiger partial charge in [-0.25, -0.2) is 14.8 Å². The largest absolute Gasteiger partial charge is 0.481 e. The Hall–Kier alpha value is -4.41. The molecule has 1 atom stereocenters. The van der Waals surface area contributed by atoms with Gasteiger partial charge in [-0.1, -0.05) is 30.8 Å². The highest BCUT2D eigenvalue weighted by Gasteiger charge is 2.24. The van der Waals surface area contributed by atoms with Crippen LogP contribution < -0.4 is 11.5 Å². The lowest BCUT2D eigenvalue weighted by Gasteiger charge is -2.12. The summed E-state index contributed by atoms with van der Waals surface area (Å²) in [7, 11) is 0. The molecule has 0 aliphatic carbocycles. The van der Waals surface area contributed by atoms with Gasteiger partial charge in [-0.3, -0.25) is 9.59 Å². The van der Waals surface area contributed by atoms with Gasteiger partial charge in [-0.2, -0.15) is 9.97 Å². The Labute approximate surface area is 188 Å². The van der Waals surface area contributed by atoms with E-state index in [0.29, 0.717) is 35.3 Å². The average molecular weight is 450 g/mol. The van der Waals surface area contributed by atoms with E-state index in [1.165, 1.54) is 0 Å². The molecule has 0 amide bonds. The topological polar surface area (TPSA) is 195 Å². The zero-order chi connectivity index (χ0) is 24.1. The number of Topliss-reactive ketones (excluding diaryl/α,β-unsaturated/α-hetero) is 1. The summed E-state index contributed by atoms with van der Waals surface area (Å²) in [6.07, 6.45) is 2.13. The molecule has 11 heteroatoms. The number of nitrogen functional groups attached to an aromatic ring is 2. The number of aliphatic carboxylic acids is 2. The molecule has 0 fully saturated rings. The second-order valence-electron chi connectivity index (χ2n) is 7.47. The van der Waals surface area contributed by atoms with Gasteiger partial charge in [0.05, 0.1) is 17.8 Å². The number of aromatic nitrogens is 4. The second kappa shape index (κ2) is 9.81. The molecule has 2 heterocycles. The average Bonchev–Trinajstić information content (AvgIpc) is 2.77. The molecule has 0 bridgehead atoms. The van der Waals surface area contributed by atoms with Crippen LogP contribution in [0.15, 0.2) is 42.6 Å². The van der Waals surface area contributed by atoms with Gasteiger partial charge in [0.15, 0.2) is 22.8 Å². The first-order valence-corrected chi connectivity index (χ1v) is 9.94. The van der Waals surface area contributed by atoms with E-state index in [1.807, 2.05) is 0 Å². The molecule has 33 heavy (non-hydrogen) atoms. The van der Waals surface area contributed by atoms with Gasteiger partial charge >= 0.3 is 11.9 Å². The third kappa shape index (κ3) is 5.85. The predicted octanol–water partition coefficient (Wildman–Crippen LogP) is 1.67. The van der Waals surface area contributed by atoms with Crippen LogP contribution in [0, 0.1) is 5.92 Å². The molecule has 1 aromatic carbocycles. The number of carboxylic acids is 2. The summed E-state index contributed by atoms with van der Waals surface area (Å²) >= 11 is 0. The highest BCUT2D eigenvalue weighted by Crippen LogP contribution is 2.19. The van der Waals surface area contributed by atoms with E-state index in [2.05, 4.69) is 26.5 Å². The SMILES string of the molecule is C=C(CC(CC(=O)c1ccc(CCc2cnc3nc(N)nc(N)c3n2)cc1)C(=O)O)C(=O)O. The summed E-state index contributed by atoms with van der Waals surface area (Å²) in [4.78, 5) is 51.3. The standard InChI is InChI=1S/C22H22N6O5/c1-11(20(30)31)8-14(21(32)33)9-16(29)13-5-2-12(3-6-13)4-7-15-10-25-19-17(26-15)18(23)27-22(24)28-19/h2-3,5-6,10,14H,1,4,7-9H2,(H,30,31)(H,32,33)(H4,23,24,25,27,28). The number of carbonyl (C=O) groups excluding carboxylic acids is 1. The van der Waals surface area contributed by atoms with Crippen molar-refractivity contribution in [2.75, 3.05) is 11.5 Å². The van der Waals surface area contributed by atoms with E-state index in [9.17, 15) is 19.5 Å². The third-order valence-corrected chi connectivity index (χ3v) is 5.02. The van der Waals surface area contributed by atoms with Crippen molar-refractivity contribution in [2.45, 2.75) is 25.7 Å². The molecule has 11 nitrogen and oxygen atoms in total. The zero-order valence-electron chi connectivity index (χ0n) is 17.6. The lowest BCUT2D eigenvalue weighted by Crippen LogP contribution is -2.20. The van der Waals surface area contributed by atoms with Gasteiger partial charge in [-0.05, 0) is 24.8 Å². The lowest BCUT2D eigenvalue weighted by molar-refractivity contribution is -0.141. The Morgan fingerprint density at radius 2 is 1.67 bits per heavy atom. The van der Waals surface area contributed by atoms with Crippen molar-refractivity contribution in [1.29, 1.82) is 0 Å². The summed E-state index contributed by atoms with van der Waals surface area (Å²) in [6, 6.07) is 6.77. The van der Waals surface area contributed by atoms with Gasteiger partial charge in [-0.15, -0.1) is 0 Å². The molecular formula is C22H22N6O5. The van der Waals surface area contributed by atoms with Crippen molar-refractivity contribution in [3.05, 3.63) is 59.4 Å². The van der Waals surface area contributed by atoms with E-state index in [0.717, 1.165) is 5.56 Å². The van der Waals surface area contributed by atoms with Crippen LogP contribution >= 0.6 is 0 Å². The number of hydrogen-bond acceptors (Lipinski definition) is 9. The molecule has 0 saturated carbocycles. The Morgan fingerprint density at radius 3 is 2.30 bits per heavy atom. The molecule has 0 aliphatic rings. The summed E-state index contributed by atoms with van der Waals surface area (Å²) < 4.78 is 0. The molecule has 6 N–H and O–H groups in total. The number of ketones is 1. The van der Waals surface area contributed by atoms with Crippen molar-refractivity contribution in [3.8, 4) is 0 Å². The summed E-state index contributed by atoms with van der Waals surface area (Å²) in [5, 5.41) is 18.2. The van der Waals surface area contributed by atoms with Gasteiger partial charge in [0.2, 0.25) is 5.95 Å². The number of nitrogens with zero attached hydrogens (tertiary/aromatic N) is 4. The molecule has 0 radical (unpaired) electrons. The fourth-order valence-corrected chi connectivity index (χ4v) is 3.21. The minimum absolute atomic E-state index is 0.0261. The first kappa shape index (κ1) is 23.3. The molecular weight excluding hydrogens is 428 g/mol. The maximum atomic E-state index is 12.5. The fourth-order valence-electron chi connectivity index (χ4n) is 3.21. The monoisotopic (exact) mass is 450 g/mol. The molecule has 3 rings (SSSR count). The van der Waals surface area contributed by atoms with Crippen LogP contribution in [0.4, 0.5) is 11.8 Å². The smallest absolute Gasteiger partial charge is 0.330 e. The Bertz CT molecular complexity index is 1240. The van der Waals surface area contributed by atoms with E-state index < -0.39 is 17.9 Å². The van der Waals surface area contributed by atoms with Crippen LogP contribution in [0.5, 0.6) is 0 Å². The first-order valence-electron chi connectivity index (χ1n) is 9.94. The highest BCUT2D eigenvalue weighted by molar-refractivity contribution is 5.98. The number of fused-ring (bicyclic) bond motifs is 1. The quantitative estimate of drug-likeness (QED) is 0.259. The van der Waals surface area contributed by atoms with Crippen LogP contribution in [0.25, 0.3) is 11.2 Å². The van der Waals surface area contributed by atoms with Crippen molar-refractivity contribution in [2.24, 2.45) is 5.92 Å². The molecule has 2 aromatic heterocycles. The van der Waals surface area contributed by atoms with Crippen molar-refractivity contribution in [1.82, 2.24) is 19.9 Å². The van der Waals surface area contributed by atoms with Crippen molar-refractivity contribution in [3.63, 3.8) is 0 Å². The highest BCUT2D eigenvalue weighted by atomic mass is 16.4. The second-order valence-corrected chi connectivity index (χ2v) is 7.47. The van der Waals surface area contributed by atoms with Crippen LogP contribution in [0.1, 0.15) is 34.5 Å². The van der Waals surface area contributed by atoms with E-state index in [1.54, 1.807) is 30.5 Å². The van der Waals surface area contributed by atoms with Gasteiger partial charge in [0.25, 0.3) is 0 Å². The normalized spacial score (nSPS) is 11.8. The molecule has 0 saturated heterocycles. The third-order valence-electron chi connectivity index (χ3n) is 5.02. The van der Waals surface area contributed by atoms with Crippen LogP contribution in [-0.2, 0) is 22.4 Å². The summed E-state index contributed by atoms with van der Waals surface area (Å²) in [6.45, 7) is 3.34. The first-order chi connectivity index (χ1) is 15.6. The number of aryl methyl sites for hydroxylation is 2. The Morgan fingerprint density at radius 1 is 0.970 bits per heavy atom. The number of benzene rings is 1. The number of hydrogen-bond donors (Lipinski definition) is 4. The maximum Gasteiger partial charge on any atom is 0.330 e. The number of anilines is 2. The number of carboxylic acid groups (broad SMARTS) is 2. The van der Waals surface area contributed by atoms with Crippen LogP contribution in [-0.4, -0.2) is 47.9 Å².